The molecule has 4 nitrogen and oxygen atoms in total. The molecule has 0 radical (unpaired) electrons. The van der Waals surface area contributed by atoms with Gasteiger partial charge in [0.2, 0.25) is 6.23 Å². The van der Waals surface area contributed by atoms with E-state index in [0.717, 1.165) is 34.8 Å². The number of fused-ring (bicyclic) bond motifs is 3. The molecule has 3 aromatic carbocycles. The van der Waals surface area contributed by atoms with Crippen LogP contribution in [0.15, 0.2) is 77.9 Å². The highest BCUT2D eigenvalue weighted by molar-refractivity contribution is 6.02. The molecule has 2 atom stereocenters. The molecule has 0 saturated carbocycles. The highest BCUT2D eigenvalue weighted by atomic mass is 16.5. The maximum atomic E-state index is 6.48. The molecule has 31 heavy (non-hydrogen) atoms. The number of nitrogens with zero attached hydrogens (tertiary/aromatic N) is 2. The van der Waals surface area contributed by atoms with E-state index in [1.165, 1.54) is 11.1 Å². The standard InChI is InChI=1S/C27H28N2O2/c1-27(2,3)20-13-9-19(10-14-20)26-29-24(22-7-5-6-8-25(22)31-26)17-23(28-29)18-11-15-21(30-4)16-12-18/h5-16,24,26H,17H2,1-4H3/t24-,26+/m1/s1. The van der Waals surface area contributed by atoms with Crippen molar-refractivity contribution < 1.29 is 9.47 Å². The van der Waals surface area contributed by atoms with Crippen LogP contribution in [0.5, 0.6) is 11.5 Å². The van der Waals surface area contributed by atoms with Gasteiger partial charge in [-0.1, -0.05) is 63.2 Å². The first kappa shape index (κ1) is 19.7. The van der Waals surface area contributed by atoms with Crippen molar-refractivity contribution >= 4 is 5.71 Å². The minimum Gasteiger partial charge on any atom is -0.497 e. The number of hydrogen-bond acceptors (Lipinski definition) is 4. The van der Waals surface area contributed by atoms with Crippen molar-refractivity contribution in [1.29, 1.82) is 0 Å². The minimum absolute atomic E-state index is 0.119. The Kier molecular flexibility index (Phi) is 4.73. The van der Waals surface area contributed by atoms with Crippen LogP contribution >= 0.6 is 0 Å². The normalized spacial score (nSPS) is 19.9. The zero-order valence-corrected chi connectivity index (χ0v) is 18.5. The van der Waals surface area contributed by atoms with Gasteiger partial charge in [0.15, 0.2) is 0 Å². The van der Waals surface area contributed by atoms with Crippen LogP contribution in [0.3, 0.4) is 0 Å². The number of ether oxygens (including phenoxy) is 2. The zero-order valence-electron chi connectivity index (χ0n) is 18.5. The molecule has 0 fully saturated rings. The number of benzene rings is 3. The van der Waals surface area contributed by atoms with Gasteiger partial charge in [-0.15, -0.1) is 0 Å². The number of hydrazone groups is 1. The largest absolute Gasteiger partial charge is 0.497 e. The molecule has 0 amide bonds. The summed E-state index contributed by atoms with van der Waals surface area (Å²) < 4.78 is 11.8. The fourth-order valence-corrected chi connectivity index (χ4v) is 4.36. The first-order valence-electron chi connectivity index (χ1n) is 10.8. The molecule has 0 aliphatic carbocycles. The Labute approximate surface area is 184 Å². The summed E-state index contributed by atoms with van der Waals surface area (Å²) in [5.41, 5.74) is 5.94. The van der Waals surface area contributed by atoms with E-state index in [2.05, 4.69) is 80.4 Å². The van der Waals surface area contributed by atoms with Crippen molar-refractivity contribution in [3.8, 4) is 11.5 Å². The lowest BCUT2D eigenvalue weighted by molar-refractivity contribution is -0.0190. The fraction of sp³-hybridized carbons (Fsp3) is 0.296. The lowest BCUT2D eigenvalue weighted by Gasteiger charge is -2.38. The molecule has 2 heterocycles. The van der Waals surface area contributed by atoms with E-state index in [9.17, 15) is 0 Å². The summed E-state index contributed by atoms with van der Waals surface area (Å²) >= 11 is 0. The molecule has 5 rings (SSSR count). The van der Waals surface area contributed by atoms with E-state index in [0.29, 0.717) is 0 Å². The molecular formula is C27H28N2O2. The minimum atomic E-state index is -0.246. The molecule has 0 aromatic heterocycles. The molecule has 4 heteroatoms. The summed E-state index contributed by atoms with van der Waals surface area (Å²) in [6.45, 7) is 6.70. The van der Waals surface area contributed by atoms with Gasteiger partial charge in [0.1, 0.15) is 11.5 Å². The van der Waals surface area contributed by atoms with Crippen LogP contribution in [0.4, 0.5) is 0 Å². The van der Waals surface area contributed by atoms with Gasteiger partial charge < -0.3 is 9.47 Å². The summed E-state index contributed by atoms with van der Waals surface area (Å²) in [7, 11) is 1.69. The summed E-state index contributed by atoms with van der Waals surface area (Å²) in [4.78, 5) is 0. The monoisotopic (exact) mass is 412 g/mol. The van der Waals surface area contributed by atoms with Crippen molar-refractivity contribution in [2.45, 2.75) is 44.9 Å². The SMILES string of the molecule is COc1ccc(C2=NN3[C@H](C2)c2ccccc2O[C@H]3c2ccc(C(C)(C)C)cc2)cc1. The zero-order chi connectivity index (χ0) is 21.6. The highest BCUT2D eigenvalue weighted by Crippen LogP contribution is 2.47. The molecular weight excluding hydrogens is 384 g/mol. The third kappa shape index (κ3) is 3.56. The van der Waals surface area contributed by atoms with Gasteiger partial charge in [0.25, 0.3) is 0 Å². The van der Waals surface area contributed by atoms with Crippen LogP contribution in [0.25, 0.3) is 0 Å². The smallest absolute Gasteiger partial charge is 0.213 e. The van der Waals surface area contributed by atoms with Crippen LogP contribution in [0.2, 0.25) is 0 Å². The van der Waals surface area contributed by atoms with Gasteiger partial charge in [-0.05, 0) is 46.9 Å². The number of para-hydroxylation sites is 1. The first-order chi connectivity index (χ1) is 14.9. The highest BCUT2D eigenvalue weighted by Gasteiger charge is 2.40. The first-order valence-corrected chi connectivity index (χ1v) is 10.8. The van der Waals surface area contributed by atoms with Gasteiger partial charge in [0.05, 0.1) is 18.9 Å². The Morgan fingerprint density at radius 2 is 1.65 bits per heavy atom. The summed E-state index contributed by atoms with van der Waals surface area (Å²) in [5.74, 6) is 1.80. The maximum Gasteiger partial charge on any atom is 0.213 e. The molecule has 0 spiro atoms. The second kappa shape index (κ2) is 7.45. The van der Waals surface area contributed by atoms with E-state index in [-0.39, 0.29) is 17.7 Å². The molecule has 2 aliphatic heterocycles. The lowest BCUT2D eigenvalue weighted by atomic mass is 9.86. The quantitative estimate of drug-likeness (QED) is 0.511. The molecule has 0 unspecified atom stereocenters. The average molecular weight is 413 g/mol. The predicted molar refractivity (Wildman–Crippen MR) is 124 cm³/mol. The van der Waals surface area contributed by atoms with E-state index < -0.39 is 0 Å². The summed E-state index contributed by atoms with van der Waals surface area (Å²) in [5, 5.41) is 7.18. The predicted octanol–water partition coefficient (Wildman–Crippen LogP) is 6.24. The van der Waals surface area contributed by atoms with Gasteiger partial charge >= 0.3 is 0 Å². The third-order valence-corrected chi connectivity index (χ3v) is 6.18. The second-order valence-corrected chi connectivity index (χ2v) is 9.26. The van der Waals surface area contributed by atoms with Crippen LogP contribution < -0.4 is 9.47 Å². The average Bonchev–Trinajstić information content (AvgIpc) is 3.24. The van der Waals surface area contributed by atoms with E-state index in [1.807, 2.05) is 18.2 Å². The van der Waals surface area contributed by atoms with E-state index in [4.69, 9.17) is 14.6 Å². The summed E-state index contributed by atoms with van der Waals surface area (Å²) in [6, 6.07) is 25.4. The molecule has 2 aliphatic rings. The van der Waals surface area contributed by atoms with Crippen LogP contribution in [0.1, 0.15) is 61.7 Å². The lowest BCUT2D eigenvalue weighted by Crippen LogP contribution is -2.33. The van der Waals surface area contributed by atoms with Crippen molar-refractivity contribution in [3.05, 3.63) is 95.1 Å². The molecule has 158 valence electrons. The van der Waals surface area contributed by atoms with Gasteiger partial charge in [-0.2, -0.15) is 5.10 Å². The Morgan fingerprint density at radius 3 is 2.32 bits per heavy atom. The van der Waals surface area contributed by atoms with E-state index in [1.54, 1.807) is 7.11 Å². The van der Waals surface area contributed by atoms with Crippen molar-refractivity contribution in [1.82, 2.24) is 5.01 Å². The molecule has 3 aromatic rings. The van der Waals surface area contributed by atoms with Crippen LogP contribution in [-0.4, -0.2) is 17.8 Å². The van der Waals surface area contributed by atoms with Crippen LogP contribution in [-0.2, 0) is 5.41 Å². The van der Waals surface area contributed by atoms with Crippen molar-refractivity contribution in [3.63, 3.8) is 0 Å². The molecule has 0 N–H and O–H groups in total. The molecule has 0 saturated heterocycles. The van der Waals surface area contributed by atoms with Crippen molar-refractivity contribution in [2.75, 3.05) is 7.11 Å². The number of rotatable bonds is 3. The summed E-state index contributed by atoms with van der Waals surface area (Å²) in [6.07, 6.45) is 0.605. The Hall–Kier alpha value is -3.27. The Bertz CT molecular complexity index is 1110. The Balaban J connectivity index is 1.53. The number of hydrogen-bond donors (Lipinski definition) is 0. The second-order valence-electron chi connectivity index (χ2n) is 9.26. The number of methoxy groups -OCH3 is 1. The fourth-order valence-electron chi connectivity index (χ4n) is 4.36. The van der Waals surface area contributed by atoms with Gasteiger partial charge in [-0.3, -0.25) is 0 Å². The van der Waals surface area contributed by atoms with Crippen molar-refractivity contribution in [2.24, 2.45) is 5.10 Å². The maximum absolute atomic E-state index is 6.48. The van der Waals surface area contributed by atoms with Gasteiger partial charge in [-0.25, -0.2) is 5.01 Å². The topological polar surface area (TPSA) is 34.1 Å². The van der Waals surface area contributed by atoms with Gasteiger partial charge in [0, 0.05) is 17.5 Å². The van der Waals surface area contributed by atoms with E-state index >= 15 is 0 Å². The molecule has 0 bridgehead atoms. The van der Waals surface area contributed by atoms with Crippen LogP contribution in [0, 0.1) is 0 Å². The Morgan fingerprint density at radius 1 is 0.935 bits per heavy atom. The third-order valence-electron chi connectivity index (χ3n) is 6.18.